The van der Waals surface area contributed by atoms with E-state index in [1.165, 1.54) is 12.7 Å². The fourth-order valence-corrected chi connectivity index (χ4v) is 2.13. The molecule has 0 N–H and O–H groups in total. The second kappa shape index (κ2) is 3.76. The van der Waals surface area contributed by atoms with Crippen LogP contribution in [0.3, 0.4) is 0 Å². The van der Waals surface area contributed by atoms with Gasteiger partial charge in [-0.3, -0.25) is 4.79 Å². The van der Waals surface area contributed by atoms with E-state index in [2.05, 4.69) is 38.5 Å². The maximum absolute atomic E-state index is 11.1. The lowest BCUT2D eigenvalue weighted by Crippen LogP contribution is -2.03. The van der Waals surface area contributed by atoms with Crippen molar-refractivity contribution in [1.82, 2.24) is 0 Å². The molecule has 1 rings (SSSR count). The molecule has 14 heavy (non-hydrogen) atoms. The lowest BCUT2D eigenvalue weighted by Gasteiger charge is -2.00. The number of hydrogen-bond acceptors (Lipinski definition) is 2. The Morgan fingerprint density at radius 2 is 2.00 bits per heavy atom. The maximum atomic E-state index is 11.1. The van der Waals surface area contributed by atoms with Crippen LogP contribution in [-0.4, -0.2) is 13.1 Å². The molecule has 0 bridgehead atoms. The largest absolute Gasteiger partial charge is 0.469 e. The number of esters is 1. The van der Waals surface area contributed by atoms with E-state index in [0.717, 1.165) is 0 Å². The van der Waals surface area contributed by atoms with Gasteiger partial charge in [-0.2, -0.15) is 0 Å². The van der Waals surface area contributed by atoms with Crippen LogP contribution in [0.4, 0.5) is 0 Å². The molecule has 80 valence electrons. The molecule has 2 nitrogen and oxygen atoms in total. The van der Waals surface area contributed by atoms with Crippen LogP contribution in [0.2, 0.25) is 0 Å². The minimum atomic E-state index is -0.0901. The van der Waals surface area contributed by atoms with Gasteiger partial charge in [-0.05, 0) is 31.1 Å². The molecule has 0 aromatic carbocycles. The Kier molecular flexibility index (Phi) is 3.03. The molecule has 0 aromatic heterocycles. The number of methoxy groups -OCH3 is 1. The average Bonchev–Trinajstić information content (AvgIpc) is 2.55. The minimum Gasteiger partial charge on any atom is -0.469 e. The van der Waals surface area contributed by atoms with Crippen molar-refractivity contribution in [3.63, 3.8) is 0 Å². The number of hydrogen-bond donors (Lipinski definition) is 0. The molecular weight excluding hydrogens is 176 g/mol. The van der Waals surface area contributed by atoms with Crippen molar-refractivity contribution in [1.29, 1.82) is 0 Å². The standard InChI is InChI=1S/C12H20O2/c1-8(2)6-9-10(12(9,3)4)7-11(13)14-5/h6,9-10H,7H2,1-5H3. The van der Waals surface area contributed by atoms with E-state index in [1.807, 2.05) is 0 Å². The number of ether oxygens (including phenoxy) is 1. The van der Waals surface area contributed by atoms with Gasteiger partial charge in [-0.15, -0.1) is 0 Å². The Bertz CT molecular complexity index is 259. The number of carbonyl (C=O) groups excluding carboxylic acids is 1. The van der Waals surface area contributed by atoms with E-state index >= 15 is 0 Å². The number of rotatable bonds is 3. The summed E-state index contributed by atoms with van der Waals surface area (Å²) in [5, 5.41) is 0. The summed E-state index contributed by atoms with van der Waals surface area (Å²) < 4.78 is 4.69. The normalized spacial score (nSPS) is 28.1. The highest BCUT2D eigenvalue weighted by molar-refractivity contribution is 5.70. The SMILES string of the molecule is COC(=O)CC1C(C=C(C)C)C1(C)C. The number of carbonyl (C=O) groups is 1. The van der Waals surface area contributed by atoms with Gasteiger partial charge in [-0.1, -0.05) is 25.5 Å². The Morgan fingerprint density at radius 1 is 1.43 bits per heavy atom. The van der Waals surface area contributed by atoms with Crippen LogP contribution in [0.1, 0.15) is 34.1 Å². The molecule has 2 heteroatoms. The molecule has 2 atom stereocenters. The maximum Gasteiger partial charge on any atom is 0.305 e. The Balaban J connectivity index is 2.58. The zero-order chi connectivity index (χ0) is 10.9. The second-order valence-corrected chi connectivity index (χ2v) is 4.98. The van der Waals surface area contributed by atoms with Crippen molar-refractivity contribution in [2.75, 3.05) is 7.11 Å². The third-order valence-corrected chi connectivity index (χ3v) is 3.27. The first-order valence-corrected chi connectivity index (χ1v) is 5.11. The summed E-state index contributed by atoms with van der Waals surface area (Å²) in [6.45, 7) is 8.63. The molecule has 1 aliphatic rings. The molecular formula is C12H20O2. The molecule has 0 aromatic rings. The highest BCUT2D eigenvalue weighted by Gasteiger charge is 2.56. The van der Waals surface area contributed by atoms with E-state index in [0.29, 0.717) is 18.3 Å². The van der Waals surface area contributed by atoms with Crippen LogP contribution in [0.5, 0.6) is 0 Å². The molecule has 0 aliphatic heterocycles. The van der Waals surface area contributed by atoms with E-state index in [4.69, 9.17) is 0 Å². The summed E-state index contributed by atoms with van der Waals surface area (Å²) in [6, 6.07) is 0. The molecule has 1 aliphatic carbocycles. The molecule has 0 saturated heterocycles. The van der Waals surface area contributed by atoms with Crippen molar-refractivity contribution in [2.45, 2.75) is 34.1 Å². The smallest absolute Gasteiger partial charge is 0.305 e. The van der Waals surface area contributed by atoms with Crippen LogP contribution < -0.4 is 0 Å². The summed E-state index contributed by atoms with van der Waals surface area (Å²) in [5.41, 5.74) is 1.60. The quantitative estimate of drug-likeness (QED) is 0.512. The molecule has 0 spiro atoms. The van der Waals surface area contributed by atoms with Gasteiger partial charge in [0, 0.05) is 6.42 Å². The highest BCUT2D eigenvalue weighted by Crippen LogP contribution is 2.61. The number of allylic oxidation sites excluding steroid dienone is 2. The van der Waals surface area contributed by atoms with Gasteiger partial charge in [0.25, 0.3) is 0 Å². The topological polar surface area (TPSA) is 26.3 Å². The fraction of sp³-hybridized carbons (Fsp3) is 0.750. The lowest BCUT2D eigenvalue weighted by molar-refractivity contribution is -0.141. The van der Waals surface area contributed by atoms with Crippen LogP contribution in [0.25, 0.3) is 0 Å². The molecule has 2 unspecified atom stereocenters. The third-order valence-electron chi connectivity index (χ3n) is 3.27. The Labute approximate surface area is 86.3 Å². The molecule has 1 fully saturated rings. The predicted molar refractivity (Wildman–Crippen MR) is 56.8 cm³/mol. The van der Waals surface area contributed by atoms with Crippen LogP contribution in [0, 0.1) is 17.3 Å². The van der Waals surface area contributed by atoms with Gasteiger partial charge in [0.1, 0.15) is 0 Å². The zero-order valence-electron chi connectivity index (χ0n) is 9.76. The van der Waals surface area contributed by atoms with Gasteiger partial charge in [-0.25, -0.2) is 0 Å². The van der Waals surface area contributed by atoms with Gasteiger partial charge < -0.3 is 4.74 Å². The first-order valence-electron chi connectivity index (χ1n) is 5.11. The summed E-state index contributed by atoms with van der Waals surface area (Å²) in [7, 11) is 1.45. The third kappa shape index (κ3) is 2.17. The van der Waals surface area contributed by atoms with Crippen molar-refractivity contribution >= 4 is 5.97 Å². The van der Waals surface area contributed by atoms with E-state index in [-0.39, 0.29) is 11.4 Å². The van der Waals surface area contributed by atoms with Crippen LogP contribution in [-0.2, 0) is 9.53 Å². The Morgan fingerprint density at radius 3 is 2.43 bits per heavy atom. The van der Waals surface area contributed by atoms with Crippen LogP contribution in [0.15, 0.2) is 11.6 Å². The van der Waals surface area contributed by atoms with Gasteiger partial charge >= 0.3 is 5.97 Å². The van der Waals surface area contributed by atoms with Gasteiger partial charge in [0.15, 0.2) is 0 Å². The molecule has 0 radical (unpaired) electrons. The zero-order valence-corrected chi connectivity index (χ0v) is 9.76. The van der Waals surface area contributed by atoms with Crippen LogP contribution >= 0.6 is 0 Å². The van der Waals surface area contributed by atoms with E-state index in [9.17, 15) is 4.79 Å². The van der Waals surface area contributed by atoms with E-state index in [1.54, 1.807) is 0 Å². The summed E-state index contributed by atoms with van der Waals surface area (Å²) >= 11 is 0. The second-order valence-electron chi connectivity index (χ2n) is 4.98. The van der Waals surface area contributed by atoms with E-state index < -0.39 is 0 Å². The first kappa shape index (κ1) is 11.3. The first-order chi connectivity index (χ1) is 6.39. The summed E-state index contributed by atoms with van der Waals surface area (Å²) in [4.78, 5) is 11.1. The highest BCUT2D eigenvalue weighted by atomic mass is 16.5. The fourth-order valence-electron chi connectivity index (χ4n) is 2.13. The molecule has 0 amide bonds. The lowest BCUT2D eigenvalue weighted by atomic mass is 10.1. The summed E-state index contributed by atoms with van der Waals surface area (Å²) in [5.74, 6) is 0.921. The molecule has 1 saturated carbocycles. The van der Waals surface area contributed by atoms with Crippen molar-refractivity contribution < 1.29 is 9.53 Å². The average molecular weight is 196 g/mol. The van der Waals surface area contributed by atoms with Gasteiger partial charge in [0.2, 0.25) is 0 Å². The van der Waals surface area contributed by atoms with Crippen molar-refractivity contribution in [3.05, 3.63) is 11.6 Å². The molecule has 0 heterocycles. The van der Waals surface area contributed by atoms with Crippen molar-refractivity contribution in [2.24, 2.45) is 17.3 Å². The summed E-state index contributed by atoms with van der Waals surface area (Å²) in [6.07, 6.45) is 2.82. The van der Waals surface area contributed by atoms with Gasteiger partial charge in [0.05, 0.1) is 7.11 Å². The van der Waals surface area contributed by atoms with Crippen molar-refractivity contribution in [3.8, 4) is 0 Å². The Hall–Kier alpha value is -0.790. The monoisotopic (exact) mass is 196 g/mol. The minimum absolute atomic E-state index is 0.0901. The predicted octanol–water partition coefficient (Wildman–Crippen LogP) is 2.79.